The highest BCUT2D eigenvalue weighted by molar-refractivity contribution is 5.68. The van der Waals surface area contributed by atoms with Crippen LogP contribution in [0.3, 0.4) is 0 Å². The van der Waals surface area contributed by atoms with Crippen LogP contribution >= 0.6 is 0 Å². The van der Waals surface area contributed by atoms with Gasteiger partial charge in [0, 0.05) is 18.5 Å². The van der Waals surface area contributed by atoms with Crippen molar-refractivity contribution in [2.45, 2.75) is 51.6 Å². The molecule has 0 saturated carbocycles. The molecule has 0 radical (unpaired) electrons. The van der Waals surface area contributed by atoms with Crippen LogP contribution in [-0.2, 0) is 4.74 Å². The van der Waals surface area contributed by atoms with E-state index in [0.29, 0.717) is 38.9 Å². The van der Waals surface area contributed by atoms with Crippen LogP contribution in [-0.4, -0.2) is 48.7 Å². The molecule has 0 aromatic rings. The van der Waals surface area contributed by atoms with Crippen molar-refractivity contribution >= 4 is 6.09 Å². The van der Waals surface area contributed by atoms with Crippen LogP contribution in [0.25, 0.3) is 0 Å². The van der Waals surface area contributed by atoms with Crippen LogP contribution in [0.4, 0.5) is 13.6 Å². The summed E-state index contributed by atoms with van der Waals surface area (Å²) in [5, 5.41) is 2.76. The van der Waals surface area contributed by atoms with E-state index in [2.05, 4.69) is 5.32 Å². The Kier molecular flexibility index (Phi) is 3.97. The molecule has 6 heteroatoms. The molecule has 2 rings (SSSR count). The van der Waals surface area contributed by atoms with Gasteiger partial charge in [-0.3, -0.25) is 0 Å². The van der Waals surface area contributed by atoms with Crippen molar-refractivity contribution in [3.63, 3.8) is 0 Å². The molecule has 1 spiro atoms. The molecule has 0 bridgehead atoms. The summed E-state index contributed by atoms with van der Waals surface area (Å²) in [5.74, 6) is -2.69. The van der Waals surface area contributed by atoms with Gasteiger partial charge in [0.05, 0.1) is 6.54 Å². The third-order valence-electron chi connectivity index (χ3n) is 4.28. The summed E-state index contributed by atoms with van der Waals surface area (Å²) in [5.41, 5.74) is -1.50. The van der Waals surface area contributed by atoms with E-state index in [0.717, 1.165) is 0 Å². The van der Waals surface area contributed by atoms with Crippen molar-refractivity contribution < 1.29 is 18.3 Å². The van der Waals surface area contributed by atoms with Gasteiger partial charge in [0.1, 0.15) is 5.60 Å². The highest BCUT2D eigenvalue weighted by Crippen LogP contribution is 2.49. The van der Waals surface area contributed by atoms with Crippen molar-refractivity contribution in [2.75, 3.05) is 26.2 Å². The summed E-state index contributed by atoms with van der Waals surface area (Å²) in [6, 6.07) is 0. The number of likely N-dealkylation sites (tertiary alicyclic amines) is 1. The summed E-state index contributed by atoms with van der Waals surface area (Å²) >= 11 is 0. The summed E-state index contributed by atoms with van der Waals surface area (Å²) in [7, 11) is 0. The van der Waals surface area contributed by atoms with Gasteiger partial charge in [-0.2, -0.15) is 0 Å². The predicted octanol–water partition coefficient (Wildman–Crippen LogP) is 2.63. The number of hydrogen-bond acceptors (Lipinski definition) is 3. The van der Waals surface area contributed by atoms with Gasteiger partial charge in [0.15, 0.2) is 0 Å². The lowest BCUT2D eigenvalue weighted by molar-refractivity contribution is -0.159. The first-order valence-corrected chi connectivity index (χ1v) is 7.22. The highest BCUT2D eigenvalue weighted by Gasteiger charge is 2.55. The van der Waals surface area contributed by atoms with E-state index in [1.54, 1.807) is 25.7 Å². The maximum atomic E-state index is 14.1. The van der Waals surface area contributed by atoms with Gasteiger partial charge in [-0.15, -0.1) is 0 Å². The lowest BCUT2D eigenvalue weighted by Gasteiger charge is -2.48. The number of rotatable bonds is 0. The third kappa shape index (κ3) is 3.05. The Bertz CT molecular complexity index is 372. The Labute approximate surface area is 118 Å². The lowest BCUT2D eigenvalue weighted by atomic mass is 9.69. The minimum atomic E-state index is -2.69. The first-order valence-electron chi connectivity index (χ1n) is 7.22. The number of nitrogens with one attached hydrogen (secondary N) is 1. The Balaban J connectivity index is 1.96. The minimum absolute atomic E-state index is 0.251. The first kappa shape index (κ1) is 15.5. The predicted molar refractivity (Wildman–Crippen MR) is 71.9 cm³/mol. The molecule has 0 unspecified atom stereocenters. The molecule has 2 heterocycles. The summed E-state index contributed by atoms with van der Waals surface area (Å²) in [4.78, 5) is 13.5. The van der Waals surface area contributed by atoms with Crippen molar-refractivity contribution in [1.29, 1.82) is 0 Å². The zero-order valence-corrected chi connectivity index (χ0v) is 12.5. The molecule has 20 heavy (non-hydrogen) atoms. The van der Waals surface area contributed by atoms with Gasteiger partial charge < -0.3 is 15.0 Å². The van der Waals surface area contributed by atoms with Gasteiger partial charge in [-0.1, -0.05) is 0 Å². The Morgan fingerprint density at radius 2 is 1.80 bits per heavy atom. The molecule has 2 aliphatic heterocycles. The monoisotopic (exact) mass is 290 g/mol. The number of nitrogens with zero attached hydrogens (tertiary/aromatic N) is 1. The minimum Gasteiger partial charge on any atom is -0.444 e. The molecular weight excluding hydrogens is 266 g/mol. The summed E-state index contributed by atoms with van der Waals surface area (Å²) < 4.78 is 33.6. The number of halogens is 2. The van der Waals surface area contributed by atoms with Crippen LogP contribution in [0.5, 0.6) is 0 Å². The van der Waals surface area contributed by atoms with Gasteiger partial charge in [-0.25, -0.2) is 13.6 Å². The van der Waals surface area contributed by atoms with Crippen molar-refractivity contribution in [2.24, 2.45) is 5.41 Å². The molecule has 4 nitrogen and oxygen atoms in total. The van der Waals surface area contributed by atoms with Crippen LogP contribution in [0, 0.1) is 5.41 Å². The van der Waals surface area contributed by atoms with Gasteiger partial charge in [0.2, 0.25) is 0 Å². The zero-order valence-electron chi connectivity index (χ0n) is 12.5. The molecule has 2 saturated heterocycles. The smallest absolute Gasteiger partial charge is 0.410 e. The first-order chi connectivity index (χ1) is 9.15. The maximum absolute atomic E-state index is 14.1. The van der Waals surface area contributed by atoms with E-state index in [-0.39, 0.29) is 6.54 Å². The Hall–Kier alpha value is -0.910. The maximum Gasteiger partial charge on any atom is 0.410 e. The highest BCUT2D eigenvalue weighted by atomic mass is 19.3. The molecule has 2 fully saturated rings. The molecular formula is C14H24F2N2O2. The fourth-order valence-corrected chi connectivity index (χ4v) is 3.00. The number of ether oxygens (including phenoxy) is 1. The van der Waals surface area contributed by atoms with Crippen LogP contribution in [0.2, 0.25) is 0 Å². The van der Waals surface area contributed by atoms with Gasteiger partial charge >= 0.3 is 6.09 Å². The topological polar surface area (TPSA) is 41.6 Å². The summed E-state index contributed by atoms with van der Waals surface area (Å²) in [6.45, 7) is 6.49. The quantitative estimate of drug-likeness (QED) is 0.745. The second-order valence-corrected chi connectivity index (χ2v) is 6.88. The number of carbonyl (C=O) groups excluding carboxylic acids is 1. The molecule has 0 aromatic carbocycles. The lowest BCUT2D eigenvalue weighted by Crippen LogP contribution is -2.58. The molecule has 2 aliphatic rings. The second kappa shape index (κ2) is 5.13. The number of hydrogen-bond donors (Lipinski definition) is 1. The Morgan fingerprint density at radius 1 is 1.20 bits per heavy atom. The van der Waals surface area contributed by atoms with E-state index in [1.165, 1.54) is 0 Å². The third-order valence-corrected chi connectivity index (χ3v) is 4.28. The number of alkyl halides is 2. The average Bonchev–Trinajstić information content (AvgIpc) is 2.32. The normalized spacial score (nSPS) is 25.6. The van der Waals surface area contributed by atoms with Crippen molar-refractivity contribution in [3.05, 3.63) is 0 Å². The van der Waals surface area contributed by atoms with E-state index in [9.17, 15) is 13.6 Å². The zero-order chi connectivity index (χ0) is 15.0. The number of carbonyl (C=O) groups is 1. The van der Waals surface area contributed by atoms with Gasteiger partial charge in [-0.05, 0) is 46.6 Å². The molecule has 1 N–H and O–H groups in total. The number of amides is 1. The Morgan fingerprint density at radius 3 is 2.30 bits per heavy atom. The molecule has 0 aromatic heterocycles. The van der Waals surface area contributed by atoms with Crippen LogP contribution in [0.15, 0.2) is 0 Å². The fraction of sp³-hybridized carbons (Fsp3) is 0.929. The fourth-order valence-electron chi connectivity index (χ4n) is 3.00. The molecule has 0 aliphatic carbocycles. The molecule has 0 atom stereocenters. The standard InChI is InChI=1S/C14H24F2N2O2/c1-12(2,3)20-11(19)18-8-5-13(6-9-18)4-7-17-10-14(13,15)16/h17H,4-10H2,1-3H3. The van der Waals surface area contributed by atoms with Crippen LogP contribution in [0.1, 0.15) is 40.0 Å². The SMILES string of the molecule is CC(C)(C)OC(=O)N1CCC2(CCNCC2(F)F)CC1. The van der Waals surface area contributed by atoms with Crippen molar-refractivity contribution in [1.82, 2.24) is 10.2 Å². The van der Waals surface area contributed by atoms with E-state index in [1.807, 2.05) is 0 Å². The van der Waals surface area contributed by atoms with Crippen molar-refractivity contribution in [3.8, 4) is 0 Å². The van der Waals surface area contributed by atoms with E-state index < -0.39 is 23.0 Å². The molecule has 1 amide bonds. The largest absolute Gasteiger partial charge is 0.444 e. The average molecular weight is 290 g/mol. The second-order valence-electron chi connectivity index (χ2n) is 6.88. The number of piperidine rings is 2. The van der Waals surface area contributed by atoms with E-state index >= 15 is 0 Å². The summed E-state index contributed by atoms with van der Waals surface area (Å²) in [6.07, 6.45) is 0.772. The van der Waals surface area contributed by atoms with Crippen LogP contribution < -0.4 is 5.32 Å². The molecule has 116 valence electrons. The van der Waals surface area contributed by atoms with Gasteiger partial charge in [0.25, 0.3) is 5.92 Å². The van der Waals surface area contributed by atoms with E-state index in [4.69, 9.17) is 4.74 Å².